The molecule has 0 spiro atoms. The van der Waals surface area contributed by atoms with E-state index in [0.29, 0.717) is 11.2 Å². The summed E-state index contributed by atoms with van der Waals surface area (Å²) in [6, 6.07) is 25.6. The molecule has 2 aromatic heterocycles. The molecule has 158 valence electrons. The Hall–Kier alpha value is -4.32. The minimum absolute atomic E-state index is 0.242. The summed E-state index contributed by atoms with van der Waals surface area (Å²) in [7, 11) is 1.64. The van der Waals surface area contributed by atoms with Crippen LogP contribution in [0.1, 0.15) is 5.56 Å². The fourth-order valence-corrected chi connectivity index (χ4v) is 3.90. The zero-order valence-electron chi connectivity index (χ0n) is 17.9. The molecule has 0 aliphatic carbocycles. The molecular weight excluding hydrogens is 398 g/mol. The molecule has 6 nitrogen and oxygen atoms in total. The van der Waals surface area contributed by atoms with Crippen LogP contribution in [0.4, 0.5) is 5.82 Å². The summed E-state index contributed by atoms with van der Waals surface area (Å²) in [4.78, 5) is 0. The lowest BCUT2D eigenvalue weighted by molar-refractivity contribution is 0.415. The van der Waals surface area contributed by atoms with Gasteiger partial charge in [0.05, 0.1) is 18.2 Å². The Morgan fingerprint density at radius 2 is 1.56 bits per heavy atom. The second-order valence-electron chi connectivity index (χ2n) is 7.68. The Balaban J connectivity index is 1.83. The lowest BCUT2D eigenvalue weighted by atomic mass is 10.1. The van der Waals surface area contributed by atoms with Crippen LogP contribution in [0.25, 0.3) is 33.4 Å². The Morgan fingerprint density at radius 1 is 0.875 bits per heavy atom. The van der Waals surface area contributed by atoms with Crippen molar-refractivity contribution >= 4 is 16.6 Å². The topological polar surface area (TPSA) is 81.8 Å². The van der Waals surface area contributed by atoms with Crippen molar-refractivity contribution in [3.05, 3.63) is 96.1 Å². The smallest absolute Gasteiger partial charge is 0.158 e. The van der Waals surface area contributed by atoms with Gasteiger partial charge in [-0.15, -0.1) is 0 Å². The second kappa shape index (κ2) is 7.74. The number of anilines is 1. The molecule has 2 heterocycles. The number of benzene rings is 3. The molecule has 3 aromatic carbocycles. The number of hydrogen-bond donors (Lipinski definition) is 2. The molecule has 6 heteroatoms. The van der Waals surface area contributed by atoms with Crippen molar-refractivity contribution in [3.63, 3.8) is 0 Å². The van der Waals surface area contributed by atoms with Crippen molar-refractivity contribution in [1.82, 2.24) is 14.3 Å². The maximum absolute atomic E-state index is 8.94. The van der Waals surface area contributed by atoms with E-state index in [1.54, 1.807) is 11.8 Å². The van der Waals surface area contributed by atoms with Crippen molar-refractivity contribution in [2.24, 2.45) is 0 Å². The molecule has 0 aliphatic rings. The summed E-state index contributed by atoms with van der Waals surface area (Å²) in [5.74, 6) is 1.27. The van der Waals surface area contributed by atoms with E-state index in [-0.39, 0.29) is 5.49 Å². The molecule has 0 radical (unpaired) electrons. The van der Waals surface area contributed by atoms with E-state index in [4.69, 9.17) is 21.0 Å². The predicted molar refractivity (Wildman–Crippen MR) is 127 cm³/mol. The van der Waals surface area contributed by atoms with Gasteiger partial charge in [0, 0.05) is 22.8 Å². The van der Waals surface area contributed by atoms with Crippen LogP contribution in [0.3, 0.4) is 0 Å². The van der Waals surface area contributed by atoms with Gasteiger partial charge in [0.15, 0.2) is 5.49 Å². The number of rotatable bonds is 4. The summed E-state index contributed by atoms with van der Waals surface area (Å²) in [6.45, 7) is 2.06. The maximum Gasteiger partial charge on any atom is 0.158 e. The number of ether oxygens (including phenoxy) is 1. The quantitative estimate of drug-likeness (QED) is 0.435. The standard InChI is InChI=1S/C26H23N5O/c1-17-8-10-18(11-9-17)24-22-16-30(19-12-14-21(32-2)15-13-19)25(27)23(22)26(28)31(29-24)20-6-4-3-5-7-20/h3-16,28H,27H2,1-2H3. The number of para-hydroxylation sites is 1. The SMILES string of the molecule is COc1ccc(-n2cc3c(-c4ccc(C)cc4)nn(-c4ccccc4)c(=N)c3c2N)cc1. The highest BCUT2D eigenvalue weighted by molar-refractivity contribution is 6.00. The average Bonchev–Trinajstić information content (AvgIpc) is 3.18. The highest BCUT2D eigenvalue weighted by Gasteiger charge is 2.18. The van der Waals surface area contributed by atoms with E-state index < -0.39 is 0 Å². The van der Waals surface area contributed by atoms with E-state index in [1.165, 1.54) is 5.56 Å². The minimum Gasteiger partial charge on any atom is -0.497 e. The third-order valence-corrected chi connectivity index (χ3v) is 5.62. The van der Waals surface area contributed by atoms with E-state index >= 15 is 0 Å². The Labute approximate surface area is 185 Å². The molecule has 0 amide bonds. The first-order chi connectivity index (χ1) is 15.6. The van der Waals surface area contributed by atoms with Crippen molar-refractivity contribution < 1.29 is 4.74 Å². The molecule has 32 heavy (non-hydrogen) atoms. The number of hydrogen-bond acceptors (Lipinski definition) is 4. The van der Waals surface area contributed by atoms with E-state index in [9.17, 15) is 0 Å². The molecule has 0 unspecified atom stereocenters. The van der Waals surface area contributed by atoms with Crippen molar-refractivity contribution in [1.29, 1.82) is 5.41 Å². The van der Waals surface area contributed by atoms with Gasteiger partial charge in [0.1, 0.15) is 17.3 Å². The largest absolute Gasteiger partial charge is 0.497 e. The van der Waals surface area contributed by atoms with Crippen LogP contribution in [0, 0.1) is 12.3 Å². The number of nitrogen functional groups attached to an aromatic ring is 1. The van der Waals surface area contributed by atoms with Gasteiger partial charge in [0.2, 0.25) is 0 Å². The first kappa shape index (κ1) is 19.6. The van der Waals surface area contributed by atoms with Gasteiger partial charge in [-0.25, -0.2) is 4.68 Å². The van der Waals surface area contributed by atoms with E-state index in [1.807, 2.05) is 65.4 Å². The summed E-state index contributed by atoms with van der Waals surface area (Å²) in [5, 5.41) is 15.3. The molecule has 3 N–H and O–H groups in total. The molecule has 5 aromatic rings. The summed E-state index contributed by atoms with van der Waals surface area (Å²) in [5.41, 5.74) is 11.5. The molecule has 0 bridgehead atoms. The minimum atomic E-state index is 0.242. The molecule has 0 saturated carbocycles. The molecule has 0 fully saturated rings. The molecular formula is C26H23N5O. The predicted octanol–water partition coefficient (Wildman–Crippen LogP) is 4.86. The van der Waals surface area contributed by atoms with Crippen LogP contribution < -0.4 is 16.0 Å². The van der Waals surface area contributed by atoms with Gasteiger partial charge in [-0.2, -0.15) is 5.10 Å². The number of fused-ring (bicyclic) bond motifs is 1. The highest BCUT2D eigenvalue weighted by Crippen LogP contribution is 2.32. The van der Waals surface area contributed by atoms with Gasteiger partial charge in [-0.3, -0.25) is 5.41 Å². The zero-order valence-corrected chi connectivity index (χ0v) is 17.9. The summed E-state index contributed by atoms with van der Waals surface area (Å²) >= 11 is 0. The van der Waals surface area contributed by atoms with Crippen LogP contribution >= 0.6 is 0 Å². The zero-order chi connectivity index (χ0) is 22.2. The lowest BCUT2D eigenvalue weighted by Crippen LogP contribution is -2.22. The maximum atomic E-state index is 8.94. The Bertz CT molecular complexity index is 1460. The summed E-state index contributed by atoms with van der Waals surface area (Å²) in [6.07, 6.45) is 1.96. The highest BCUT2D eigenvalue weighted by atomic mass is 16.5. The third kappa shape index (κ3) is 3.22. The van der Waals surface area contributed by atoms with Crippen molar-refractivity contribution in [3.8, 4) is 28.4 Å². The normalized spacial score (nSPS) is 11.1. The van der Waals surface area contributed by atoms with Crippen LogP contribution in [0.5, 0.6) is 5.75 Å². The van der Waals surface area contributed by atoms with Gasteiger partial charge in [-0.05, 0) is 43.3 Å². The number of nitrogens with two attached hydrogens (primary N) is 1. The first-order valence-electron chi connectivity index (χ1n) is 10.3. The number of nitrogens with zero attached hydrogens (tertiary/aromatic N) is 3. The second-order valence-corrected chi connectivity index (χ2v) is 7.68. The third-order valence-electron chi connectivity index (χ3n) is 5.62. The van der Waals surface area contributed by atoms with Gasteiger partial charge < -0.3 is 15.0 Å². The Kier molecular flexibility index (Phi) is 4.75. The molecule has 0 aliphatic heterocycles. The fourth-order valence-electron chi connectivity index (χ4n) is 3.90. The van der Waals surface area contributed by atoms with Crippen LogP contribution in [-0.2, 0) is 0 Å². The monoisotopic (exact) mass is 421 g/mol. The van der Waals surface area contributed by atoms with E-state index in [0.717, 1.165) is 33.8 Å². The Morgan fingerprint density at radius 3 is 2.22 bits per heavy atom. The number of aromatic nitrogens is 3. The van der Waals surface area contributed by atoms with Crippen LogP contribution in [0.2, 0.25) is 0 Å². The van der Waals surface area contributed by atoms with Crippen molar-refractivity contribution in [2.75, 3.05) is 12.8 Å². The van der Waals surface area contributed by atoms with Crippen LogP contribution in [0.15, 0.2) is 85.1 Å². The number of aryl methyl sites for hydroxylation is 1. The van der Waals surface area contributed by atoms with Gasteiger partial charge >= 0.3 is 0 Å². The van der Waals surface area contributed by atoms with Gasteiger partial charge in [-0.1, -0.05) is 48.0 Å². The van der Waals surface area contributed by atoms with Crippen LogP contribution in [-0.4, -0.2) is 21.5 Å². The molecule has 0 saturated heterocycles. The fraction of sp³-hybridized carbons (Fsp3) is 0.0769. The van der Waals surface area contributed by atoms with Gasteiger partial charge in [0.25, 0.3) is 0 Å². The first-order valence-corrected chi connectivity index (χ1v) is 10.3. The van der Waals surface area contributed by atoms with Crippen molar-refractivity contribution in [2.45, 2.75) is 6.92 Å². The lowest BCUT2D eigenvalue weighted by Gasteiger charge is -2.11. The number of nitrogens with one attached hydrogen (secondary N) is 1. The van der Waals surface area contributed by atoms with E-state index in [2.05, 4.69) is 31.2 Å². The number of methoxy groups -OCH3 is 1. The molecule has 5 rings (SSSR count). The average molecular weight is 422 g/mol. The summed E-state index contributed by atoms with van der Waals surface area (Å²) < 4.78 is 8.83. The molecule has 0 atom stereocenters.